The Labute approximate surface area is 412 Å². The molecule has 72 heavy (non-hydrogen) atoms. The molecule has 1 aliphatic rings. The quantitative estimate of drug-likeness (QED) is 0.131. The van der Waals surface area contributed by atoms with Crippen LogP contribution in [-0.4, -0.2) is 0 Å². The zero-order valence-electron chi connectivity index (χ0n) is 38.5. The van der Waals surface area contributed by atoms with Crippen molar-refractivity contribution in [2.75, 3.05) is 0 Å². The van der Waals surface area contributed by atoms with E-state index in [-0.39, 0.29) is 0 Å². The second-order valence-corrected chi connectivity index (χ2v) is 19.8. The fourth-order valence-electron chi connectivity index (χ4n) is 14.0. The van der Waals surface area contributed by atoms with E-state index in [9.17, 15) is 10.5 Å². The van der Waals surface area contributed by atoms with Gasteiger partial charge >= 0.3 is 0 Å². The van der Waals surface area contributed by atoms with E-state index in [1.165, 1.54) is 108 Å². The van der Waals surface area contributed by atoms with Gasteiger partial charge in [0.1, 0.15) is 0 Å². The van der Waals surface area contributed by atoms with E-state index in [1.54, 1.807) is 0 Å². The van der Waals surface area contributed by atoms with E-state index < -0.39 is 0 Å². The number of hydrogen-bond acceptors (Lipinski definition) is 2. The molecule has 0 spiro atoms. The maximum Gasteiger partial charge on any atom is 0.0998 e. The van der Waals surface area contributed by atoms with Crippen LogP contribution >= 0.6 is 0 Å². The maximum absolute atomic E-state index is 10.8. The summed E-state index contributed by atoms with van der Waals surface area (Å²) in [5.41, 5.74) is 12.2. The first-order chi connectivity index (χ1) is 35.7. The highest BCUT2D eigenvalue weighted by Crippen LogP contribution is 2.62. The lowest BCUT2D eigenvalue weighted by atomic mass is 9.80. The van der Waals surface area contributed by atoms with Gasteiger partial charge in [-0.25, -0.2) is 0 Å². The number of benzene rings is 14. The third-order valence-corrected chi connectivity index (χ3v) is 16.7. The summed E-state index contributed by atoms with van der Waals surface area (Å²) in [6.45, 7) is 0. The van der Waals surface area contributed by atoms with Gasteiger partial charge in [-0.05, 0) is 187 Å². The smallest absolute Gasteiger partial charge is 0.0998 e. The van der Waals surface area contributed by atoms with Crippen molar-refractivity contribution in [3.8, 4) is 67.8 Å². The van der Waals surface area contributed by atoms with Gasteiger partial charge in [0.15, 0.2) is 0 Å². The van der Waals surface area contributed by atoms with Gasteiger partial charge in [-0.1, -0.05) is 182 Å². The van der Waals surface area contributed by atoms with E-state index in [2.05, 4.69) is 182 Å². The third kappa shape index (κ3) is 4.50. The molecule has 16 aromatic rings. The van der Waals surface area contributed by atoms with Gasteiger partial charge < -0.3 is 0 Å². The number of fused-ring (bicyclic) bond motifs is 14. The van der Waals surface area contributed by atoms with Crippen LogP contribution in [0.3, 0.4) is 0 Å². The highest BCUT2D eigenvalue weighted by molar-refractivity contribution is 6.51. The zero-order chi connectivity index (χ0) is 47.1. The van der Waals surface area contributed by atoms with Crippen LogP contribution in [0.2, 0.25) is 0 Å². The molecule has 0 aliphatic heterocycles. The summed E-state index contributed by atoms with van der Waals surface area (Å²) >= 11 is 0. The lowest BCUT2D eigenvalue weighted by molar-refractivity contribution is 1.48. The standard InChI is InChI=1S/C70H34N2/c71-35-40-17-6-8-19-42(40)59-56-33-38-15-4-5-16-39(38)34-57(56)60(43-20-9-7-18-41(43)36-72)69-54-31-27-49-50-28-32-55-64-52(29-25-47(61(50)64)48-26-30-53(68(59)69)65(54)62(48)49)67-58(37-13-2-1-3-14-37)51-24-12-23-45-44-21-10-11-22-46(44)66(63(45)51)70(55)67/h1-34H. The molecule has 0 N–H and O–H groups in total. The van der Waals surface area contributed by atoms with Gasteiger partial charge in [0.25, 0.3) is 0 Å². The monoisotopic (exact) mass is 902 g/mol. The Morgan fingerprint density at radius 3 is 1.24 bits per heavy atom. The van der Waals surface area contributed by atoms with Crippen LogP contribution in [0.15, 0.2) is 206 Å². The minimum Gasteiger partial charge on any atom is -0.192 e. The second kappa shape index (κ2) is 13.5. The minimum atomic E-state index is 0.630. The molecule has 0 bridgehead atoms. The van der Waals surface area contributed by atoms with Crippen LogP contribution in [0.1, 0.15) is 11.1 Å². The molecular weight excluding hydrogens is 869 g/mol. The van der Waals surface area contributed by atoms with Crippen LogP contribution in [0.4, 0.5) is 0 Å². The Bertz CT molecular complexity index is 5040. The van der Waals surface area contributed by atoms with Crippen molar-refractivity contribution >= 4 is 118 Å². The molecule has 16 aromatic carbocycles. The Morgan fingerprint density at radius 1 is 0.222 bits per heavy atom. The molecule has 0 amide bonds. The lowest BCUT2D eigenvalue weighted by Gasteiger charge is -2.22. The summed E-state index contributed by atoms with van der Waals surface area (Å²) in [5.74, 6) is 0. The highest BCUT2D eigenvalue weighted by atomic mass is 14.4. The van der Waals surface area contributed by atoms with Gasteiger partial charge in [-0.2, -0.15) is 10.5 Å². The first-order valence-corrected chi connectivity index (χ1v) is 24.7. The number of nitrogens with zero attached hydrogens (tertiary/aromatic N) is 2. The fraction of sp³-hybridized carbons (Fsp3) is 0. The maximum atomic E-state index is 10.8. The molecule has 0 fully saturated rings. The van der Waals surface area contributed by atoms with Crippen molar-refractivity contribution in [3.05, 3.63) is 217 Å². The third-order valence-electron chi connectivity index (χ3n) is 16.7. The molecule has 0 radical (unpaired) electrons. The van der Waals surface area contributed by atoms with Gasteiger partial charge in [-0.15, -0.1) is 0 Å². The first kappa shape index (κ1) is 38.0. The van der Waals surface area contributed by atoms with E-state index in [4.69, 9.17) is 0 Å². The van der Waals surface area contributed by atoms with E-state index in [0.717, 1.165) is 66.1 Å². The molecule has 0 atom stereocenters. The topological polar surface area (TPSA) is 47.6 Å². The first-order valence-electron chi connectivity index (χ1n) is 24.7. The predicted molar refractivity (Wildman–Crippen MR) is 303 cm³/mol. The molecule has 1 aliphatic carbocycles. The molecule has 0 unspecified atom stereocenters. The molecule has 17 rings (SSSR count). The van der Waals surface area contributed by atoms with Crippen LogP contribution in [0, 0.1) is 22.7 Å². The Hall–Kier alpha value is -9.86. The molecule has 0 heterocycles. The fourth-order valence-corrected chi connectivity index (χ4v) is 14.0. The van der Waals surface area contributed by atoms with E-state index >= 15 is 0 Å². The SMILES string of the molecule is N#Cc1ccccc1-c1c2c(c(-c3ccccc3C#N)c3cc4ccccc4cc13)-c1ccc3c4ccc5c6c(ccc(c7ccc-2c1c73)c46)c1c(-c2ccccc2)c2cccc3c4ccccc4c(c23)c51. The highest BCUT2D eigenvalue weighted by Gasteiger charge is 2.34. The van der Waals surface area contributed by atoms with Crippen molar-refractivity contribution < 1.29 is 0 Å². The molecule has 2 heteroatoms. The van der Waals surface area contributed by atoms with E-state index in [1.807, 2.05) is 36.4 Å². The molecule has 0 saturated carbocycles. The summed E-state index contributed by atoms with van der Waals surface area (Å²) in [6.07, 6.45) is 0. The van der Waals surface area contributed by atoms with Crippen molar-refractivity contribution in [2.24, 2.45) is 0 Å². The number of rotatable bonds is 3. The average Bonchev–Trinajstić information content (AvgIpc) is 4.08. The lowest BCUT2D eigenvalue weighted by Crippen LogP contribution is -1.96. The molecule has 2 nitrogen and oxygen atoms in total. The number of nitriles is 2. The minimum absolute atomic E-state index is 0.630. The average molecular weight is 903 g/mol. The van der Waals surface area contributed by atoms with Crippen LogP contribution in [0.5, 0.6) is 0 Å². The van der Waals surface area contributed by atoms with Gasteiger partial charge in [0.05, 0.1) is 23.3 Å². The van der Waals surface area contributed by atoms with Gasteiger partial charge in [0.2, 0.25) is 0 Å². The number of hydrogen-bond donors (Lipinski definition) is 0. The Balaban J connectivity index is 1.06. The summed E-state index contributed by atoms with van der Waals surface area (Å²) in [5, 5.41) is 49.1. The summed E-state index contributed by atoms with van der Waals surface area (Å²) in [6, 6.07) is 80.4. The molecule has 0 aromatic heterocycles. The van der Waals surface area contributed by atoms with Crippen molar-refractivity contribution in [1.29, 1.82) is 10.5 Å². The summed E-state index contributed by atoms with van der Waals surface area (Å²) in [4.78, 5) is 0. The predicted octanol–water partition coefficient (Wildman–Crippen LogP) is 19.1. The summed E-state index contributed by atoms with van der Waals surface area (Å²) in [7, 11) is 0. The Morgan fingerprint density at radius 2 is 0.625 bits per heavy atom. The van der Waals surface area contributed by atoms with Gasteiger partial charge in [-0.3, -0.25) is 0 Å². The van der Waals surface area contributed by atoms with Crippen LogP contribution in [0.25, 0.3) is 174 Å². The normalized spacial score (nSPS) is 12.4. The van der Waals surface area contributed by atoms with E-state index in [0.29, 0.717) is 11.1 Å². The van der Waals surface area contributed by atoms with Crippen molar-refractivity contribution in [1.82, 2.24) is 0 Å². The van der Waals surface area contributed by atoms with Crippen LogP contribution in [-0.2, 0) is 0 Å². The van der Waals surface area contributed by atoms with Gasteiger partial charge in [0, 0.05) is 11.1 Å². The largest absolute Gasteiger partial charge is 0.192 e. The Kier molecular flexibility index (Phi) is 7.12. The molecular formula is C70H34N2. The molecule has 324 valence electrons. The van der Waals surface area contributed by atoms with Crippen molar-refractivity contribution in [2.45, 2.75) is 0 Å². The van der Waals surface area contributed by atoms with Crippen molar-refractivity contribution in [3.63, 3.8) is 0 Å². The molecule has 0 saturated heterocycles. The second-order valence-electron chi connectivity index (χ2n) is 19.8. The summed E-state index contributed by atoms with van der Waals surface area (Å²) < 4.78 is 0. The zero-order valence-corrected chi connectivity index (χ0v) is 38.5. The van der Waals surface area contributed by atoms with Crippen LogP contribution < -0.4 is 0 Å².